The zero-order chi connectivity index (χ0) is 22.1. The minimum atomic E-state index is -0.586. The van der Waals surface area contributed by atoms with E-state index in [2.05, 4.69) is 5.16 Å². The zero-order valence-corrected chi connectivity index (χ0v) is 18.0. The van der Waals surface area contributed by atoms with Gasteiger partial charge in [-0.15, -0.1) is 0 Å². The summed E-state index contributed by atoms with van der Waals surface area (Å²) in [5.41, 5.74) is 1.92. The molecule has 0 N–H and O–H groups in total. The number of hydrogen-bond acceptors (Lipinski definition) is 7. The van der Waals surface area contributed by atoms with Crippen LogP contribution in [0.5, 0.6) is 11.5 Å². The molecule has 2 aromatic rings. The molecule has 2 bridgehead atoms. The number of anilines is 1. The van der Waals surface area contributed by atoms with Crippen LogP contribution in [0.4, 0.5) is 5.69 Å². The second-order valence-corrected chi connectivity index (χ2v) is 8.68. The van der Waals surface area contributed by atoms with Crippen LogP contribution in [-0.4, -0.2) is 50.1 Å². The highest BCUT2D eigenvalue weighted by atomic mass is 35.5. The van der Waals surface area contributed by atoms with E-state index in [9.17, 15) is 9.59 Å². The second-order valence-electron chi connectivity index (χ2n) is 8.24. The second kappa shape index (κ2) is 6.95. The van der Waals surface area contributed by atoms with Crippen LogP contribution in [0.25, 0.3) is 0 Å². The van der Waals surface area contributed by atoms with Crippen LogP contribution in [0, 0.1) is 17.8 Å². The first-order chi connectivity index (χ1) is 15.5. The van der Waals surface area contributed by atoms with Crippen LogP contribution in [0.3, 0.4) is 0 Å². The largest absolute Gasteiger partial charge is 0.497 e. The number of benzene rings is 2. The van der Waals surface area contributed by atoms with Crippen LogP contribution >= 0.6 is 11.6 Å². The van der Waals surface area contributed by atoms with Gasteiger partial charge in [-0.3, -0.25) is 9.59 Å². The van der Waals surface area contributed by atoms with Gasteiger partial charge in [0.05, 0.1) is 43.8 Å². The van der Waals surface area contributed by atoms with E-state index in [0.29, 0.717) is 27.9 Å². The summed E-state index contributed by atoms with van der Waals surface area (Å²) in [7, 11) is 3.16. The smallest absolute Gasteiger partial charge is 0.240 e. The van der Waals surface area contributed by atoms with Crippen molar-refractivity contribution >= 4 is 34.8 Å². The molecule has 0 spiro atoms. The SMILES string of the molecule is COc1ccc(C2=NOC3C4OC(C23)C2C(=O)N(c3ccc(Cl)cc3)C(=O)C42)c(OC)c1. The van der Waals surface area contributed by atoms with Gasteiger partial charge in [0.15, 0.2) is 6.10 Å². The maximum absolute atomic E-state index is 13.4. The lowest BCUT2D eigenvalue weighted by Gasteiger charge is -2.26. The van der Waals surface area contributed by atoms with Crippen LogP contribution in [-0.2, 0) is 19.2 Å². The molecule has 4 heterocycles. The fraction of sp³-hybridized carbons (Fsp3) is 0.348. The summed E-state index contributed by atoms with van der Waals surface area (Å²) in [5.74, 6) is -0.735. The number of hydrogen-bond donors (Lipinski definition) is 0. The van der Waals surface area contributed by atoms with E-state index < -0.39 is 30.1 Å². The Kier molecular flexibility index (Phi) is 4.25. The van der Waals surface area contributed by atoms with Gasteiger partial charge in [0.25, 0.3) is 0 Å². The van der Waals surface area contributed by atoms with E-state index in [1.807, 2.05) is 12.1 Å². The molecule has 3 saturated heterocycles. The third kappa shape index (κ3) is 2.50. The lowest BCUT2D eigenvalue weighted by Crippen LogP contribution is -2.45. The predicted octanol–water partition coefficient (Wildman–Crippen LogP) is 2.66. The zero-order valence-electron chi connectivity index (χ0n) is 17.2. The van der Waals surface area contributed by atoms with Gasteiger partial charge >= 0.3 is 0 Å². The Bertz CT molecular complexity index is 1170. The van der Waals surface area contributed by atoms with Crippen molar-refractivity contribution in [3.8, 4) is 11.5 Å². The van der Waals surface area contributed by atoms with Crippen LogP contribution < -0.4 is 14.4 Å². The number of amides is 2. The van der Waals surface area contributed by atoms with E-state index in [4.69, 9.17) is 30.6 Å². The summed E-state index contributed by atoms with van der Waals surface area (Å²) in [6.07, 6.45) is -1.46. The summed E-state index contributed by atoms with van der Waals surface area (Å²) in [6.45, 7) is 0. The molecule has 32 heavy (non-hydrogen) atoms. The van der Waals surface area contributed by atoms with Crippen molar-refractivity contribution in [1.82, 2.24) is 0 Å². The number of ether oxygens (including phenoxy) is 3. The Morgan fingerprint density at radius 2 is 1.62 bits per heavy atom. The Hall–Kier alpha value is -3.10. The molecule has 4 aliphatic rings. The van der Waals surface area contributed by atoms with Crippen molar-refractivity contribution in [3.05, 3.63) is 53.1 Å². The van der Waals surface area contributed by atoms with Crippen LogP contribution in [0.2, 0.25) is 5.02 Å². The molecule has 6 unspecified atom stereocenters. The van der Waals surface area contributed by atoms with E-state index in [1.54, 1.807) is 44.6 Å². The van der Waals surface area contributed by atoms with Gasteiger partial charge in [-0.05, 0) is 36.4 Å². The van der Waals surface area contributed by atoms with E-state index >= 15 is 0 Å². The van der Waals surface area contributed by atoms with E-state index in [-0.39, 0.29) is 17.7 Å². The summed E-state index contributed by atoms with van der Waals surface area (Å²) in [5, 5.41) is 4.86. The van der Waals surface area contributed by atoms with Crippen molar-refractivity contribution in [2.24, 2.45) is 22.9 Å². The number of carbonyl (C=O) groups is 2. The van der Waals surface area contributed by atoms with Crippen molar-refractivity contribution in [3.63, 3.8) is 0 Å². The number of rotatable bonds is 4. The maximum Gasteiger partial charge on any atom is 0.240 e. The maximum atomic E-state index is 13.4. The average Bonchev–Trinajstić information content (AvgIpc) is 3.54. The summed E-state index contributed by atoms with van der Waals surface area (Å²) >= 11 is 5.97. The molecule has 0 aromatic heterocycles. The normalized spacial score (nSPS) is 32.0. The van der Waals surface area contributed by atoms with Crippen LogP contribution in [0.15, 0.2) is 47.6 Å². The molecule has 0 aliphatic carbocycles. The monoisotopic (exact) mass is 454 g/mol. The number of oxime groups is 1. The molecule has 8 nitrogen and oxygen atoms in total. The molecular formula is C23H19ClN2O6. The van der Waals surface area contributed by atoms with E-state index in [0.717, 1.165) is 5.56 Å². The third-order valence-electron chi connectivity index (χ3n) is 6.81. The Balaban J connectivity index is 1.35. The quantitative estimate of drug-likeness (QED) is 0.660. The molecule has 2 aromatic carbocycles. The number of imide groups is 1. The first-order valence-electron chi connectivity index (χ1n) is 10.3. The highest BCUT2D eigenvalue weighted by molar-refractivity contribution is 6.31. The van der Waals surface area contributed by atoms with Gasteiger partial charge in [0.1, 0.15) is 23.3 Å². The molecule has 3 fully saturated rings. The fourth-order valence-electron chi connectivity index (χ4n) is 5.43. The number of fused-ring (bicyclic) bond motifs is 8. The molecule has 164 valence electrons. The van der Waals surface area contributed by atoms with Crippen molar-refractivity contribution in [1.29, 1.82) is 0 Å². The molecule has 0 saturated carbocycles. The molecular weight excluding hydrogens is 436 g/mol. The molecule has 2 amide bonds. The number of methoxy groups -OCH3 is 2. The average molecular weight is 455 g/mol. The molecule has 4 aliphatic heterocycles. The van der Waals surface area contributed by atoms with Crippen molar-refractivity contribution < 1.29 is 28.6 Å². The number of carbonyl (C=O) groups excluding carboxylic acids is 2. The molecule has 6 atom stereocenters. The first kappa shape index (κ1) is 19.6. The minimum Gasteiger partial charge on any atom is -0.497 e. The highest BCUT2D eigenvalue weighted by Gasteiger charge is 2.72. The van der Waals surface area contributed by atoms with Gasteiger partial charge in [-0.25, -0.2) is 4.90 Å². The van der Waals surface area contributed by atoms with Gasteiger partial charge in [0.2, 0.25) is 11.8 Å². The van der Waals surface area contributed by atoms with Crippen LogP contribution in [0.1, 0.15) is 5.56 Å². The Morgan fingerprint density at radius 3 is 2.31 bits per heavy atom. The standard InChI is InChI=1S/C23H19ClN2O6/c1-29-12-7-8-13(14(9-12)30-2)18-17-19-15-16(20(31-19)21(17)32-25-18)23(28)26(22(15)27)11-5-3-10(24)4-6-11/h3-9,15-17,19-21H,1-2H3. The molecule has 9 heteroatoms. The first-order valence-corrected chi connectivity index (χ1v) is 10.7. The van der Waals surface area contributed by atoms with Crippen molar-refractivity contribution in [2.45, 2.75) is 18.3 Å². The van der Waals surface area contributed by atoms with Crippen molar-refractivity contribution in [2.75, 3.05) is 19.1 Å². The highest BCUT2D eigenvalue weighted by Crippen LogP contribution is 2.55. The lowest BCUT2D eigenvalue weighted by atomic mass is 9.71. The topological polar surface area (TPSA) is 86.7 Å². The summed E-state index contributed by atoms with van der Waals surface area (Å²) in [4.78, 5) is 33.6. The number of halogens is 1. The molecule has 6 rings (SSSR count). The third-order valence-corrected chi connectivity index (χ3v) is 7.06. The summed E-state index contributed by atoms with van der Waals surface area (Å²) < 4.78 is 17.0. The predicted molar refractivity (Wildman–Crippen MR) is 114 cm³/mol. The fourth-order valence-corrected chi connectivity index (χ4v) is 5.56. The summed E-state index contributed by atoms with van der Waals surface area (Å²) in [6, 6.07) is 12.1. The van der Waals surface area contributed by atoms with Gasteiger partial charge in [0, 0.05) is 16.7 Å². The number of nitrogens with zero attached hydrogens (tertiary/aromatic N) is 2. The van der Waals surface area contributed by atoms with E-state index in [1.165, 1.54) is 4.90 Å². The van der Waals surface area contributed by atoms with Gasteiger partial charge in [-0.2, -0.15) is 0 Å². The Morgan fingerprint density at radius 1 is 0.906 bits per heavy atom. The lowest BCUT2D eigenvalue weighted by molar-refractivity contribution is -0.125. The van der Waals surface area contributed by atoms with Gasteiger partial charge in [-0.1, -0.05) is 16.8 Å². The minimum absolute atomic E-state index is 0.263. The Labute approximate surface area is 188 Å². The van der Waals surface area contributed by atoms with Gasteiger partial charge < -0.3 is 19.0 Å². The molecule has 0 radical (unpaired) electrons.